The largest absolute Gasteiger partial charge is 0.464 e. The standard InChI is InChI=1S/C20H23N3O2/c1-15-3-10-19(25-15)13-23(18-8-9-18)20(24)14-22(2)12-17-6-4-16(11-21)5-7-17/h3-7,10,18H,8-9,12-14H2,1-2H3. The monoisotopic (exact) mass is 337 g/mol. The molecule has 130 valence electrons. The summed E-state index contributed by atoms with van der Waals surface area (Å²) in [5, 5.41) is 8.85. The van der Waals surface area contributed by atoms with Crippen molar-refractivity contribution in [2.24, 2.45) is 0 Å². The third-order valence-electron chi connectivity index (χ3n) is 4.37. The van der Waals surface area contributed by atoms with Crippen LogP contribution < -0.4 is 0 Å². The van der Waals surface area contributed by atoms with Gasteiger partial charge in [0.25, 0.3) is 0 Å². The predicted molar refractivity (Wildman–Crippen MR) is 94.5 cm³/mol. The molecule has 1 amide bonds. The summed E-state index contributed by atoms with van der Waals surface area (Å²) in [5.74, 6) is 1.84. The minimum atomic E-state index is 0.132. The van der Waals surface area contributed by atoms with Gasteiger partial charge >= 0.3 is 0 Å². The number of rotatable bonds is 7. The molecule has 2 aromatic rings. The molecule has 0 radical (unpaired) electrons. The van der Waals surface area contributed by atoms with Crippen LogP contribution in [0, 0.1) is 18.3 Å². The summed E-state index contributed by atoms with van der Waals surface area (Å²) in [6.45, 7) is 3.51. The van der Waals surface area contributed by atoms with Crippen LogP contribution in [-0.4, -0.2) is 35.3 Å². The van der Waals surface area contributed by atoms with E-state index in [1.165, 1.54) is 0 Å². The van der Waals surface area contributed by atoms with Crippen LogP contribution >= 0.6 is 0 Å². The maximum atomic E-state index is 12.7. The first-order valence-electron chi connectivity index (χ1n) is 8.57. The van der Waals surface area contributed by atoms with Crippen molar-refractivity contribution in [2.45, 2.75) is 38.9 Å². The van der Waals surface area contributed by atoms with Crippen molar-refractivity contribution in [1.82, 2.24) is 9.80 Å². The number of amides is 1. The van der Waals surface area contributed by atoms with Gasteiger partial charge in [0.2, 0.25) is 5.91 Å². The third-order valence-corrected chi connectivity index (χ3v) is 4.37. The molecule has 3 rings (SSSR count). The van der Waals surface area contributed by atoms with Gasteiger partial charge in [-0.3, -0.25) is 9.69 Å². The number of hydrogen-bond donors (Lipinski definition) is 0. The van der Waals surface area contributed by atoms with Gasteiger partial charge in [0.05, 0.1) is 24.7 Å². The quantitative estimate of drug-likeness (QED) is 0.779. The lowest BCUT2D eigenvalue weighted by atomic mass is 10.1. The highest BCUT2D eigenvalue weighted by molar-refractivity contribution is 5.78. The van der Waals surface area contributed by atoms with Crippen LogP contribution in [0.3, 0.4) is 0 Å². The highest BCUT2D eigenvalue weighted by Crippen LogP contribution is 2.29. The number of aryl methyl sites for hydroxylation is 1. The predicted octanol–water partition coefficient (Wildman–Crippen LogP) is 3.08. The number of carbonyl (C=O) groups excluding carboxylic acids is 1. The van der Waals surface area contributed by atoms with Crippen LogP contribution in [0.1, 0.15) is 35.5 Å². The van der Waals surface area contributed by atoms with E-state index in [9.17, 15) is 4.79 Å². The minimum absolute atomic E-state index is 0.132. The molecule has 1 fully saturated rings. The summed E-state index contributed by atoms with van der Waals surface area (Å²) in [4.78, 5) is 16.7. The first-order chi connectivity index (χ1) is 12.0. The molecule has 5 nitrogen and oxygen atoms in total. The molecule has 0 unspecified atom stereocenters. The number of benzene rings is 1. The molecule has 1 aliphatic carbocycles. The maximum absolute atomic E-state index is 12.7. The topological polar surface area (TPSA) is 60.5 Å². The Labute approximate surface area is 148 Å². The molecule has 0 N–H and O–H groups in total. The zero-order valence-corrected chi connectivity index (χ0v) is 14.7. The molecule has 25 heavy (non-hydrogen) atoms. The molecule has 5 heteroatoms. The van der Waals surface area contributed by atoms with Crippen LogP contribution in [0.4, 0.5) is 0 Å². The van der Waals surface area contributed by atoms with Crippen molar-refractivity contribution >= 4 is 5.91 Å². The second kappa shape index (κ2) is 7.54. The fourth-order valence-electron chi connectivity index (χ4n) is 2.92. The van der Waals surface area contributed by atoms with E-state index in [0.717, 1.165) is 29.9 Å². The smallest absolute Gasteiger partial charge is 0.237 e. The molecule has 1 aromatic carbocycles. The average molecular weight is 337 g/mol. The fourth-order valence-corrected chi connectivity index (χ4v) is 2.92. The summed E-state index contributed by atoms with van der Waals surface area (Å²) in [6.07, 6.45) is 2.15. The molecular formula is C20H23N3O2. The van der Waals surface area contributed by atoms with E-state index in [2.05, 4.69) is 6.07 Å². The highest BCUT2D eigenvalue weighted by Gasteiger charge is 2.33. The van der Waals surface area contributed by atoms with Gasteiger partial charge < -0.3 is 9.32 Å². The lowest BCUT2D eigenvalue weighted by Crippen LogP contribution is -2.39. The zero-order chi connectivity index (χ0) is 17.8. The van der Waals surface area contributed by atoms with Crippen molar-refractivity contribution in [3.8, 4) is 6.07 Å². The lowest BCUT2D eigenvalue weighted by molar-refractivity contribution is -0.133. The molecule has 0 aliphatic heterocycles. The summed E-state index contributed by atoms with van der Waals surface area (Å²) >= 11 is 0. The number of hydrogen-bond acceptors (Lipinski definition) is 4. The van der Waals surface area contributed by atoms with Gasteiger partial charge in [-0.1, -0.05) is 12.1 Å². The summed E-state index contributed by atoms with van der Waals surface area (Å²) in [5.41, 5.74) is 1.74. The Morgan fingerprint density at radius 2 is 1.92 bits per heavy atom. The van der Waals surface area contributed by atoms with Crippen LogP contribution in [-0.2, 0) is 17.9 Å². The summed E-state index contributed by atoms with van der Waals surface area (Å²) in [7, 11) is 1.94. The maximum Gasteiger partial charge on any atom is 0.237 e. The molecule has 1 aliphatic rings. The van der Waals surface area contributed by atoms with Crippen LogP contribution in [0.25, 0.3) is 0 Å². The molecule has 0 bridgehead atoms. The Bertz CT molecular complexity index is 769. The van der Waals surface area contributed by atoms with Gasteiger partial charge in [0.1, 0.15) is 11.5 Å². The van der Waals surface area contributed by atoms with Crippen molar-refractivity contribution in [2.75, 3.05) is 13.6 Å². The molecule has 1 heterocycles. The normalized spacial score (nSPS) is 13.7. The van der Waals surface area contributed by atoms with E-state index < -0.39 is 0 Å². The van der Waals surface area contributed by atoms with Crippen molar-refractivity contribution < 1.29 is 9.21 Å². The van der Waals surface area contributed by atoms with Gasteiger partial charge in [-0.05, 0) is 56.6 Å². The second-order valence-corrected chi connectivity index (χ2v) is 6.75. The van der Waals surface area contributed by atoms with E-state index >= 15 is 0 Å². The lowest BCUT2D eigenvalue weighted by Gasteiger charge is -2.25. The van der Waals surface area contributed by atoms with Crippen molar-refractivity contribution in [3.05, 3.63) is 59.0 Å². The van der Waals surface area contributed by atoms with Gasteiger partial charge in [-0.2, -0.15) is 5.26 Å². The minimum Gasteiger partial charge on any atom is -0.464 e. The number of likely N-dealkylation sites (N-methyl/N-ethyl adjacent to an activating group) is 1. The fraction of sp³-hybridized carbons (Fsp3) is 0.400. The number of nitrogens with zero attached hydrogens (tertiary/aromatic N) is 3. The Balaban J connectivity index is 1.57. The molecule has 0 spiro atoms. The van der Waals surface area contributed by atoms with Crippen LogP contribution in [0.15, 0.2) is 40.8 Å². The molecule has 0 atom stereocenters. The van der Waals surface area contributed by atoms with Gasteiger partial charge in [0.15, 0.2) is 0 Å². The van der Waals surface area contributed by atoms with Gasteiger partial charge in [0, 0.05) is 12.6 Å². The van der Waals surface area contributed by atoms with Gasteiger partial charge in [-0.15, -0.1) is 0 Å². The van der Waals surface area contributed by atoms with Crippen molar-refractivity contribution in [1.29, 1.82) is 5.26 Å². The van der Waals surface area contributed by atoms with E-state index in [1.807, 2.05) is 48.0 Å². The number of furan rings is 1. The van der Waals surface area contributed by atoms with E-state index in [0.29, 0.717) is 31.2 Å². The number of nitriles is 1. The third kappa shape index (κ3) is 4.71. The van der Waals surface area contributed by atoms with Crippen LogP contribution in [0.2, 0.25) is 0 Å². The Hall–Kier alpha value is -2.58. The van der Waals surface area contributed by atoms with E-state index in [-0.39, 0.29) is 5.91 Å². The molecule has 1 aromatic heterocycles. The van der Waals surface area contributed by atoms with E-state index in [1.54, 1.807) is 12.1 Å². The highest BCUT2D eigenvalue weighted by atomic mass is 16.3. The van der Waals surface area contributed by atoms with Crippen LogP contribution in [0.5, 0.6) is 0 Å². The Morgan fingerprint density at radius 1 is 1.20 bits per heavy atom. The zero-order valence-electron chi connectivity index (χ0n) is 14.7. The summed E-state index contributed by atoms with van der Waals surface area (Å²) in [6, 6.07) is 13.8. The SMILES string of the molecule is Cc1ccc(CN(C(=O)CN(C)Cc2ccc(C#N)cc2)C2CC2)o1. The second-order valence-electron chi connectivity index (χ2n) is 6.75. The molecule has 1 saturated carbocycles. The summed E-state index contributed by atoms with van der Waals surface area (Å²) < 4.78 is 5.63. The Kier molecular flexibility index (Phi) is 5.20. The van der Waals surface area contributed by atoms with Gasteiger partial charge in [-0.25, -0.2) is 0 Å². The molecule has 0 saturated heterocycles. The first-order valence-corrected chi connectivity index (χ1v) is 8.57. The van der Waals surface area contributed by atoms with Crippen molar-refractivity contribution in [3.63, 3.8) is 0 Å². The average Bonchev–Trinajstić information content (AvgIpc) is 3.35. The Morgan fingerprint density at radius 3 is 2.48 bits per heavy atom. The molecular weight excluding hydrogens is 314 g/mol. The van der Waals surface area contributed by atoms with E-state index in [4.69, 9.17) is 9.68 Å². The first kappa shape index (κ1) is 17.2. The number of carbonyl (C=O) groups is 1.